The van der Waals surface area contributed by atoms with E-state index in [2.05, 4.69) is 0 Å². The second-order valence-corrected chi connectivity index (χ2v) is 8.25. The topological polar surface area (TPSA) is 55.8 Å². The van der Waals surface area contributed by atoms with Gasteiger partial charge in [-0.2, -0.15) is 0 Å². The largest absolute Gasteiger partial charge is 0.486 e. The highest BCUT2D eigenvalue weighted by molar-refractivity contribution is 6.00. The molecule has 1 spiro atoms. The van der Waals surface area contributed by atoms with Gasteiger partial charge in [0, 0.05) is 25.9 Å². The number of ketones is 1. The van der Waals surface area contributed by atoms with Crippen molar-refractivity contribution in [3.05, 3.63) is 58.7 Å². The number of carbonyl (C=O) groups excluding carboxylic acids is 2. The Labute approximate surface area is 171 Å². The van der Waals surface area contributed by atoms with Gasteiger partial charge in [0.15, 0.2) is 12.4 Å². The first-order chi connectivity index (χ1) is 13.9. The van der Waals surface area contributed by atoms with Crippen LogP contribution in [0, 0.1) is 20.8 Å². The van der Waals surface area contributed by atoms with Crippen molar-refractivity contribution in [2.45, 2.75) is 45.6 Å². The maximum atomic E-state index is 12.7. The van der Waals surface area contributed by atoms with Crippen LogP contribution in [0.15, 0.2) is 36.4 Å². The number of Topliss-reactive ketones (excluding diaryl/α,β-unsaturated/α-hetero) is 1. The van der Waals surface area contributed by atoms with Gasteiger partial charge in [0.1, 0.15) is 17.1 Å². The molecule has 0 aliphatic carbocycles. The van der Waals surface area contributed by atoms with Gasteiger partial charge in [-0.3, -0.25) is 9.59 Å². The van der Waals surface area contributed by atoms with Crippen molar-refractivity contribution in [3.63, 3.8) is 0 Å². The monoisotopic (exact) mass is 393 g/mol. The number of likely N-dealkylation sites (tertiary alicyclic amines) is 1. The number of amides is 1. The molecule has 0 atom stereocenters. The third kappa shape index (κ3) is 3.86. The number of piperidine rings is 1. The Morgan fingerprint density at radius 3 is 2.48 bits per heavy atom. The van der Waals surface area contributed by atoms with Crippen LogP contribution in [0.3, 0.4) is 0 Å². The van der Waals surface area contributed by atoms with Crippen molar-refractivity contribution in [3.8, 4) is 11.5 Å². The van der Waals surface area contributed by atoms with E-state index >= 15 is 0 Å². The Morgan fingerprint density at radius 1 is 1.07 bits per heavy atom. The van der Waals surface area contributed by atoms with Gasteiger partial charge in [-0.25, -0.2) is 0 Å². The van der Waals surface area contributed by atoms with Crippen LogP contribution < -0.4 is 9.47 Å². The Hall–Kier alpha value is -2.82. The molecular formula is C24H27NO4. The number of nitrogens with zero attached hydrogens (tertiary/aromatic N) is 1. The molecule has 2 aromatic rings. The van der Waals surface area contributed by atoms with Crippen LogP contribution in [-0.4, -0.2) is 41.9 Å². The summed E-state index contributed by atoms with van der Waals surface area (Å²) in [6, 6.07) is 11.6. The SMILES string of the molecule is Cc1cc2c(cc1C)C(=O)CC1(CCN(C(=O)COc3ccccc3C)CC1)O2. The summed E-state index contributed by atoms with van der Waals surface area (Å²) >= 11 is 0. The van der Waals surface area contributed by atoms with Gasteiger partial charge in [0.2, 0.25) is 0 Å². The second kappa shape index (κ2) is 7.54. The first kappa shape index (κ1) is 19.5. The van der Waals surface area contributed by atoms with Gasteiger partial charge in [0.25, 0.3) is 5.91 Å². The first-order valence-electron chi connectivity index (χ1n) is 10.2. The van der Waals surface area contributed by atoms with Crippen LogP contribution in [0.5, 0.6) is 11.5 Å². The third-order valence-electron chi connectivity index (χ3n) is 6.18. The van der Waals surface area contributed by atoms with Gasteiger partial charge in [-0.15, -0.1) is 0 Å². The number of hydrogen-bond donors (Lipinski definition) is 0. The summed E-state index contributed by atoms with van der Waals surface area (Å²) in [5, 5.41) is 0. The quantitative estimate of drug-likeness (QED) is 0.790. The molecule has 4 rings (SSSR count). The second-order valence-electron chi connectivity index (χ2n) is 8.25. The molecular weight excluding hydrogens is 366 g/mol. The minimum atomic E-state index is -0.501. The van der Waals surface area contributed by atoms with Gasteiger partial charge in [-0.1, -0.05) is 18.2 Å². The number of hydrogen-bond acceptors (Lipinski definition) is 4. The number of fused-ring (bicyclic) bond motifs is 1. The lowest BCUT2D eigenvalue weighted by atomic mass is 9.82. The predicted octanol–water partition coefficient (Wildman–Crippen LogP) is 4.02. The predicted molar refractivity (Wildman–Crippen MR) is 111 cm³/mol. The van der Waals surface area contributed by atoms with E-state index in [9.17, 15) is 9.59 Å². The molecule has 1 saturated heterocycles. The third-order valence-corrected chi connectivity index (χ3v) is 6.18. The zero-order valence-electron chi connectivity index (χ0n) is 17.3. The molecule has 29 heavy (non-hydrogen) atoms. The molecule has 1 amide bonds. The van der Waals surface area contributed by atoms with Crippen molar-refractivity contribution in [2.24, 2.45) is 0 Å². The summed E-state index contributed by atoms with van der Waals surface area (Å²) in [7, 11) is 0. The van der Waals surface area contributed by atoms with Crippen molar-refractivity contribution >= 4 is 11.7 Å². The maximum Gasteiger partial charge on any atom is 0.260 e. The molecule has 152 valence electrons. The lowest BCUT2D eigenvalue weighted by Crippen LogP contribution is -2.53. The fourth-order valence-corrected chi connectivity index (χ4v) is 4.14. The number of ether oxygens (including phenoxy) is 2. The van der Waals surface area contributed by atoms with Crippen LogP contribution >= 0.6 is 0 Å². The average Bonchev–Trinajstić information content (AvgIpc) is 2.69. The molecule has 0 bridgehead atoms. The smallest absolute Gasteiger partial charge is 0.260 e. The van der Waals surface area contributed by atoms with Gasteiger partial charge >= 0.3 is 0 Å². The molecule has 0 saturated carbocycles. The number of carbonyl (C=O) groups is 2. The summed E-state index contributed by atoms with van der Waals surface area (Å²) in [5.41, 5.74) is 3.42. The fraction of sp³-hybridized carbons (Fsp3) is 0.417. The highest BCUT2D eigenvalue weighted by Crippen LogP contribution is 2.40. The lowest BCUT2D eigenvalue weighted by Gasteiger charge is -2.44. The minimum Gasteiger partial charge on any atom is -0.486 e. The van der Waals surface area contributed by atoms with E-state index < -0.39 is 5.60 Å². The molecule has 0 aromatic heterocycles. The standard InChI is InChI=1S/C24H27NO4/c1-16-6-4-5-7-21(16)28-15-23(27)25-10-8-24(9-11-25)14-20(26)19-12-17(2)18(3)13-22(19)29-24/h4-7,12-13H,8-11,14-15H2,1-3H3. The van der Waals surface area contributed by atoms with E-state index in [-0.39, 0.29) is 18.3 Å². The van der Waals surface area contributed by atoms with Crippen LogP contribution in [0.2, 0.25) is 0 Å². The van der Waals surface area contributed by atoms with Gasteiger partial charge < -0.3 is 14.4 Å². The zero-order valence-corrected chi connectivity index (χ0v) is 17.3. The number of rotatable bonds is 3. The zero-order chi connectivity index (χ0) is 20.6. The van der Waals surface area contributed by atoms with Crippen LogP contribution in [-0.2, 0) is 4.79 Å². The van der Waals surface area contributed by atoms with E-state index in [1.54, 1.807) is 0 Å². The molecule has 1 fully saturated rings. The summed E-state index contributed by atoms with van der Waals surface area (Å²) in [5.74, 6) is 1.53. The van der Waals surface area contributed by atoms with E-state index in [1.165, 1.54) is 0 Å². The van der Waals surface area contributed by atoms with Gasteiger partial charge in [0.05, 0.1) is 12.0 Å². The highest BCUT2D eigenvalue weighted by atomic mass is 16.5. The van der Waals surface area contributed by atoms with E-state index in [0.29, 0.717) is 43.7 Å². The fourth-order valence-electron chi connectivity index (χ4n) is 4.14. The van der Waals surface area contributed by atoms with E-state index in [0.717, 1.165) is 22.4 Å². The highest BCUT2D eigenvalue weighted by Gasteiger charge is 2.43. The van der Waals surface area contributed by atoms with E-state index in [4.69, 9.17) is 9.47 Å². The Morgan fingerprint density at radius 2 is 1.76 bits per heavy atom. The summed E-state index contributed by atoms with van der Waals surface area (Å²) in [6.45, 7) is 7.17. The summed E-state index contributed by atoms with van der Waals surface area (Å²) < 4.78 is 12.0. The number of benzene rings is 2. The minimum absolute atomic E-state index is 0.0267. The van der Waals surface area contributed by atoms with Crippen LogP contribution in [0.25, 0.3) is 0 Å². The lowest BCUT2D eigenvalue weighted by molar-refractivity contribution is -0.136. The molecule has 0 N–H and O–H groups in total. The van der Waals surface area contributed by atoms with E-state index in [1.807, 2.05) is 62.1 Å². The van der Waals surface area contributed by atoms with Crippen LogP contribution in [0.4, 0.5) is 0 Å². The van der Waals surface area contributed by atoms with Crippen molar-refractivity contribution < 1.29 is 19.1 Å². The molecule has 5 nitrogen and oxygen atoms in total. The Kier molecular flexibility index (Phi) is 5.07. The van der Waals surface area contributed by atoms with Gasteiger partial charge in [-0.05, 0) is 55.7 Å². The molecule has 2 aliphatic rings. The Bertz CT molecular complexity index is 957. The molecule has 5 heteroatoms. The summed E-state index contributed by atoms with van der Waals surface area (Å²) in [6.07, 6.45) is 1.69. The molecule has 2 aliphatic heterocycles. The summed E-state index contributed by atoms with van der Waals surface area (Å²) in [4.78, 5) is 27.2. The normalized spacial score (nSPS) is 17.6. The average molecular weight is 393 g/mol. The number of para-hydroxylation sites is 1. The van der Waals surface area contributed by atoms with Crippen molar-refractivity contribution in [1.29, 1.82) is 0 Å². The molecule has 2 heterocycles. The first-order valence-corrected chi connectivity index (χ1v) is 10.2. The number of aryl methyl sites for hydroxylation is 3. The maximum absolute atomic E-state index is 12.7. The van der Waals surface area contributed by atoms with Crippen LogP contribution in [0.1, 0.15) is 46.3 Å². The van der Waals surface area contributed by atoms with Crippen molar-refractivity contribution in [1.82, 2.24) is 4.90 Å². The molecule has 0 radical (unpaired) electrons. The Balaban J connectivity index is 1.39. The van der Waals surface area contributed by atoms with Crippen molar-refractivity contribution in [2.75, 3.05) is 19.7 Å². The molecule has 0 unspecified atom stereocenters. The molecule has 2 aromatic carbocycles.